The zero-order valence-corrected chi connectivity index (χ0v) is 8.39. The van der Waals surface area contributed by atoms with Gasteiger partial charge in [-0.2, -0.15) is 7.05 Å². The van der Waals surface area contributed by atoms with Crippen molar-refractivity contribution in [3.05, 3.63) is 40.2 Å². The Hall–Kier alpha value is -0.530. The lowest BCUT2D eigenvalue weighted by Gasteiger charge is -2.38. The summed E-state index contributed by atoms with van der Waals surface area (Å²) in [5.41, 5.74) is 1.08. The van der Waals surface area contributed by atoms with Gasteiger partial charge in [-0.25, -0.2) is 0 Å². The average Bonchev–Trinajstić information content (AvgIpc) is 2.05. The van der Waals surface area contributed by atoms with Crippen molar-refractivity contribution in [2.75, 3.05) is 7.05 Å². The summed E-state index contributed by atoms with van der Waals surface area (Å²) in [6.07, 6.45) is 0. The van der Waals surface area contributed by atoms with E-state index in [1.54, 1.807) is 0 Å². The molecule has 0 aliphatic rings. The highest BCUT2D eigenvalue weighted by molar-refractivity contribution is 6.30. The zero-order valence-electron chi connectivity index (χ0n) is 7.63. The molecule has 0 bridgehead atoms. The lowest BCUT2D eigenvalue weighted by Crippen LogP contribution is -2.14. The minimum atomic E-state index is -0.107. The van der Waals surface area contributed by atoms with Crippen LogP contribution in [0, 0.1) is 0 Å². The lowest BCUT2D eigenvalue weighted by atomic mass is 9.95. The van der Waals surface area contributed by atoms with Gasteiger partial charge in [0.2, 0.25) is 0 Å². The molecule has 0 aliphatic heterocycles. The Morgan fingerprint density at radius 3 is 2.08 bits per heavy atom. The molecular formula is C10H13ClN-. The molecule has 0 saturated heterocycles. The van der Waals surface area contributed by atoms with Gasteiger partial charge in [0, 0.05) is 5.02 Å². The van der Waals surface area contributed by atoms with Crippen LogP contribution in [0.1, 0.15) is 19.4 Å². The highest BCUT2D eigenvalue weighted by atomic mass is 35.5. The third kappa shape index (κ3) is 1.99. The highest BCUT2D eigenvalue weighted by Crippen LogP contribution is 2.28. The van der Waals surface area contributed by atoms with Crippen molar-refractivity contribution < 1.29 is 0 Å². The van der Waals surface area contributed by atoms with E-state index in [4.69, 9.17) is 11.6 Å². The van der Waals surface area contributed by atoms with Gasteiger partial charge in [-0.15, -0.1) is 5.54 Å². The van der Waals surface area contributed by atoms with E-state index in [2.05, 4.69) is 19.2 Å². The van der Waals surface area contributed by atoms with E-state index in [0.29, 0.717) is 0 Å². The molecule has 1 rings (SSSR count). The maximum Gasteiger partial charge on any atom is 0.0406 e. The third-order valence-electron chi connectivity index (χ3n) is 2.11. The van der Waals surface area contributed by atoms with Crippen LogP contribution >= 0.6 is 11.6 Å². The topological polar surface area (TPSA) is 14.1 Å². The van der Waals surface area contributed by atoms with E-state index in [-0.39, 0.29) is 5.54 Å². The first-order valence-corrected chi connectivity index (χ1v) is 4.31. The van der Waals surface area contributed by atoms with Gasteiger partial charge in [0.1, 0.15) is 0 Å². The van der Waals surface area contributed by atoms with Crippen molar-refractivity contribution in [3.8, 4) is 0 Å². The summed E-state index contributed by atoms with van der Waals surface area (Å²) in [6.45, 7) is 4.16. The standard InChI is InChI=1S/C10H13ClN/c1-10(2,12-3)8-4-6-9(11)7-5-8/h4-7H,1-3H3/q-1. The van der Waals surface area contributed by atoms with Crippen LogP contribution in [0.3, 0.4) is 0 Å². The van der Waals surface area contributed by atoms with Crippen molar-refractivity contribution in [1.82, 2.24) is 0 Å². The molecule has 1 aromatic rings. The molecule has 0 heterocycles. The maximum absolute atomic E-state index is 5.77. The van der Waals surface area contributed by atoms with E-state index in [0.717, 1.165) is 5.02 Å². The Kier molecular flexibility index (Phi) is 2.76. The Morgan fingerprint density at radius 1 is 1.17 bits per heavy atom. The first kappa shape index (κ1) is 9.56. The minimum absolute atomic E-state index is 0.107. The highest BCUT2D eigenvalue weighted by Gasteiger charge is 2.06. The molecule has 0 unspecified atom stereocenters. The molecule has 0 aliphatic carbocycles. The molecule has 0 amide bonds. The second-order valence-electron chi connectivity index (χ2n) is 3.29. The van der Waals surface area contributed by atoms with Gasteiger partial charge >= 0.3 is 0 Å². The molecule has 12 heavy (non-hydrogen) atoms. The van der Waals surface area contributed by atoms with Crippen LogP contribution in [0.2, 0.25) is 5.02 Å². The number of hydrogen-bond acceptors (Lipinski definition) is 0. The molecule has 1 nitrogen and oxygen atoms in total. The number of nitrogens with zero attached hydrogens (tertiary/aromatic N) is 1. The normalized spacial score (nSPS) is 11.7. The van der Waals surface area contributed by atoms with Crippen LogP contribution in [0.4, 0.5) is 0 Å². The SMILES string of the molecule is C[N-]C(C)(C)c1ccc(Cl)cc1. The molecule has 0 aromatic heterocycles. The van der Waals surface area contributed by atoms with Gasteiger partial charge in [0.05, 0.1) is 0 Å². The third-order valence-corrected chi connectivity index (χ3v) is 2.36. The van der Waals surface area contributed by atoms with Gasteiger partial charge < -0.3 is 5.32 Å². The molecule has 2 heteroatoms. The first-order valence-electron chi connectivity index (χ1n) is 3.93. The summed E-state index contributed by atoms with van der Waals surface area (Å²) in [6, 6.07) is 7.80. The zero-order chi connectivity index (χ0) is 9.19. The van der Waals surface area contributed by atoms with Crippen LogP contribution in [-0.4, -0.2) is 7.05 Å². The second kappa shape index (κ2) is 3.46. The summed E-state index contributed by atoms with van der Waals surface area (Å²) in [7, 11) is 1.83. The monoisotopic (exact) mass is 182 g/mol. The van der Waals surface area contributed by atoms with E-state index >= 15 is 0 Å². The number of rotatable bonds is 2. The fraction of sp³-hybridized carbons (Fsp3) is 0.400. The molecule has 66 valence electrons. The van der Waals surface area contributed by atoms with Gasteiger partial charge in [0.15, 0.2) is 0 Å². The van der Waals surface area contributed by atoms with Gasteiger partial charge in [-0.1, -0.05) is 43.1 Å². The van der Waals surface area contributed by atoms with Crippen LogP contribution in [0.15, 0.2) is 24.3 Å². The fourth-order valence-electron chi connectivity index (χ4n) is 0.987. The molecule has 0 radical (unpaired) electrons. The molecule has 0 N–H and O–H groups in total. The van der Waals surface area contributed by atoms with Gasteiger partial charge in [0.25, 0.3) is 0 Å². The van der Waals surface area contributed by atoms with E-state index in [1.165, 1.54) is 5.56 Å². The maximum atomic E-state index is 5.77. The van der Waals surface area contributed by atoms with Crippen LogP contribution < -0.4 is 0 Å². The van der Waals surface area contributed by atoms with E-state index in [9.17, 15) is 0 Å². The smallest absolute Gasteiger partial charge is 0.0406 e. The average molecular weight is 183 g/mol. The first-order chi connectivity index (χ1) is 5.56. The molecule has 0 fully saturated rings. The summed E-state index contributed by atoms with van der Waals surface area (Å²) >= 11 is 5.77. The van der Waals surface area contributed by atoms with E-state index in [1.807, 2.05) is 31.3 Å². The molecule has 0 saturated carbocycles. The quantitative estimate of drug-likeness (QED) is 0.664. The Balaban J connectivity index is 2.96. The lowest BCUT2D eigenvalue weighted by molar-refractivity contribution is 0.634. The van der Waals surface area contributed by atoms with Crippen molar-refractivity contribution in [2.24, 2.45) is 0 Å². The number of benzene rings is 1. The summed E-state index contributed by atoms with van der Waals surface area (Å²) in [5.74, 6) is 0. The second-order valence-corrected chi connectivity index (χ2v) is 3.73. The molecule has 0 spiro atoms. The van der Waals surface area contributed by atoms with Crippen LogP contribution in [-0.2, 0) is 5.54 Å². The molecular weight excluding hydrogens is 170 g/mol. The van der Waals surface area contributed by atoms with Crippen LogP contribution in [0.25, 0.3) is 5.32 Å². The fourth-order valence-corrected chi connectivity index (χ4v) is 1.11. The van der Waals surface area contributed by atoms with Gasteiger partial charge in [-0.3, -0.25) is 0 Å². The molecule has 0 atom stereocenters. The predicted molar refractivity (Wildman–Crippen MR) is 53.8 cm³/mol. The molecule has 1 aromatic carbocycles. The number of hydrogen-bond donors (Lipinski definition) is 0. The Morgan fingerprint density at radius 2 is 1.67 bits per heavy atom. The summed E-state index contributed by atoms with van der Waals surface area (Å²) in [4.78, 5) is 0. The Labute approximate surface area is 78.7 Å². The summed E-state index contributed by atoms with van der Waals surface area (Å²) < 4.78 is 0. The van der Waals surface area contributed by atoms with Crippen molar-refractivity contribution in [2.45, 2.75) is 19.4 Å². The number of halogens is 1. The van der Waals surface area contributed by atoms with Crippen LogP contribution in [0.5, 0.6) is 0 Å². The summed E-state index contributed by atoms with van der Waals surface area (Å²) in [5, 5.41) is 5.05. The van der Waals surface area contributed by atoms with Crippen molar-refractivity contribution >= 4 is 11.6 Å². The van der Waals surface area contributed by atoms with Crippen molar-refractivity contribution in [1.29, 1.82) is 0 Å². The largest absolute Gasteiger partial charge is 0.656 e. The Bertz CT molecular complexity index is 251. The minimum Gasteiger partial charge on any atom is -0.656 e. The van der Waals surface area contributed by atoms with E-state index < -0.39 is 0 Å². The van der Waals surface area contributed by atoms with Gasteiger partial charge in [-0.05, 0) is 12.1 Å². The van der Waals surface area contributed by atoms with Crippen molar-refractivity contribution in [3.63, 3.8) is 0 Å². The predicted octanol–water partition coefficient (Wildman–Crippen LogP) is 3.58.